The molecule has 0 radical (unpaired) electrons. The fourth-order valence-electron chi connectivity index (χ4n) is 5.68. The van der Waals surface area contributed by atoms with E-state index in [0.29, 0.717) is 11.5 Å². The molecule has 2 heterocycles. The third kappa shape index (κ3) is 3.44. The molecule has 182 valence electrons. The van der Waals surface area contributed by atoms with Crippen LogP contribution in [0, 0.1) is 0 Å². The summed E-state index contributed by atoms with van der Waals surface area (Å²) in [4.78, 5) is 10.2. The van der Waals surface area contributed by atoms with Gasteiger partial charge in [0.1, 0.15) is 5.58 Å². The van der Waals surface area contributed by atoms with Gasteiger partial charge in [0.15, 0.2) is 5.82 Å². The van der Waals surface area contributed by atoms with Crippen LogP contribution in [0.4, 0.5) is 0 Å². The molecule has 0 N–H and O–H groups in total. The molecule has 8 aromatic rings. The molecule has 0 aliphatic carbocycles. The maximum absolute atomic E-state index is 6.64. The fourth-order valence-corrected chi connectivity index (χ4v) is 5.68. The van der Waals surface area contributed by atoms with E-state index in [4.69, 9.17) is 14.4 Å². The minimum absolute atomic E-state index is 0.600. The number of aromatic nitrogens is 2. The summed E-state index contributed by atoms with van der Waals surface area (Å²) in [5.41, 5.74) is 6.65. The van der Waals surface area contributed by atoms with Crippen molar-refractivity contribution in [3.63, 3.8) is 0 Å². The number of benzene rings is 6. The Balaban J connectivity index is 1.45. The van der Waals surface area contributed by atoms with Crippen LogP contribution in [-0.2, 0) is 0 Å². The molecule has 0 unspecified atom stereocenters. The van der Waals surface area contributed by atoms with Crippen LogP contribution in [0.2, 0.25) is 0 Å². The second-order valence-corrected chi connectivity index (χ2v) is 9.78. The first kappa shape index (κ1) is 21.8. The Morgan fingerprint density at radius 1 is 0.385 bits per heavy atom. The van der Waals surface area contributed by atoms with Crippen molar-refractivity contribution in [2.24, 2.45) is 0 Å². The first-order chi connectivity index (χ1) is 19.3. The summed E-state index contributed by atoms with van der Waals surface area (Å²) < 4.78 is 6.64. The Morgan fingerprint density at radius 3 is 1.59 bits per heavy atom. The van der Waals surface area contributed by atoms with Gasteiger partial charge in [0, 0.05) is 21.9 Å². The molecule has 0 fully saturated rings. The maximum atomic E-state index is 6.64. The summed E-state index contributed by atoms with van der Waals surface area (Å²) in [7, 11) is 0. The Kier molecular flexibility index (Phi) is 4.82. The number of furan rings is 1. The number of nitrogens with zero attached hydrogens (tertiary/aromatic N) is 2. The van der Waals surface area contributed by atoms with Gasteiger partial charge in [-0.25, -0.2) is 4.98 Å². The molecular formula is C36H22N2O. The van der Waals surface area contributed by atoms with Crippen LogP contribution in [0.15, 0.2) is 138 Å². The molecule has 0 aliphatic rings. The monoisotopic (exact) mass is 498 g/mol. The molecule has 0 saturated heterocycles. The lowest BCUT2D eigenvalue weighted by molar-refractivity contribution is 0.657. The van der Waals surface area contributed by atoms with Gasteiger partial charge in [0.25, 0.3) is 0 Å². The van der Waals surface area contributed by atoms with E-state index in [0.717, 1.165) is 49.5 Å². The average molecular weight is 499 g/mol. The number of rotatable bonds is 3. The molecule has 0 aliphatic heterocycles. The summed E-state index contributed by atoms with van der Waals surface area (Å²) in [6.07, 6.45) is 0. The molecule has 8 rings (SSSR count). The zero-order valence-corrected chi connectivity index (χ0v) is 21.0. The minimum atomic E-state index is 0.600. The molecule has 0 saturated carbocycles. The molecule has 0 spiro atoms. The lowest BCUT2D eigenvalue weighted by Crippen LogP contribution is -1.94. The Labute approximate surface area is 225 Å². The predicted molar refractivity (Wildman–Crippen MR) is 161 cm³/mol. The smallest absolute Gasteiger partial charge is 0.231 e. The van der Waals surface area contributed by atoms with E-state index in [1.165, 1.54) is 16.3 Å². The van der Waals surface area contributed by atoms with E-state index < -0.39 is 0 Å². The zero-order valence-electron chi connectivity index (χ0n) is 21.0. The predicted octanol–water partition coefficient (Wildman–Crippen LogP) is 9.68. The van der Waals surface area contributed by atoms with E-state index >= 15 is 0 Å². The van der Waals surface area contributed by atoms with Gasteiger partial charge < -0.3 is 4.42 Å². The molecule has 3 heteroatoms. The summed E-state index contributed by atoms with van der Waals surface area (Å²) in [6, 6.07) is 46.1. The van der Waals surface area contributed by atoms with Gasteiger partial charge in [-0.15, -0.1) is 0 Å². The van der Waals surface area contributed by atoms with Crippen molar-refractivity contribution in [2.45, 2.75) is 0 Å². The van der Waals surface area contributed by atoms with Gasteiger partial charge in [-0.05, 0) is 27.3 Å². The van der Waals surface area contributed by atoms with Crippen LogP contribution >= 0.6 is 0 Å². The van der Waals surface area contributed by atoms with Crippen LogP contribution in [0.5, 0.6) is 0 Å². The third-order valence-electron chi connectivity index (χ3n) is 7.51. The SMILES string of the molecule is c1ccc(-c2ccc(-c3nc(-c4ccccc4)c4c(n3)oc3c5ccccc5c5ccccc5c34)cc2)cc1. The van der Waals surface area contributed by atoms with E-state index in [1.807, 2.05) is 24.3 Å². The highest BCUT2D eigenvalue weighted by molar-refractivity contribution is 6.31. The topological polar surface area (TPSA) is 38.9 Å². The van der Waals surface area contributed by atoms with Gasteiger partial charge in [0.05, 0.1) is 11.1 Å². The van der Waals surface area contributed by atoms with Crippen molar-refractivity contribution in [3.8, 4) is 33.8 Å². The number of hydrogen-bond acceptors (Lipinski definition) is 3. The highest BCUT2D eigenvalue weighted by Crippen LogP contribution is 2.43. The van der Waals surface area contributed by atoms with Gasteiger partial charge in [-0.1, -0.05) is 133 Å². The molecule has 6 aromatic carbocycles. The van der Waals surface area contributed by atoms with E-state index in [1.54, 1.807) is 0 Å². The van der Waals surface area contributed by atoms with E-state index in [-0.39, 0.29) is 0 Å². The summed E-state index contributed by atoms with van der Waals surface area (Å²) in [6.45, 7) is 0. The van der Waals surface area contributed by atoms with Gasteiger partial charge in [-0.2, -0.15) is 4.98 Å². The largest absolute Gasteiger partial charge is 0.437 e. The highest BCUT2D eigenvalue weighted by atomic mass is 16.3. The second kappa shape index (κ2) is 8.64. The lowest BCUT2D eigenvalue weighted by Gasteiger charge is -2.09. The summed E-state index contributed by atoms with van der Waals surface area (Å²) >= 11 is 0. The van der Waals surface area contributed by atoms with Crippen molar-refractivity contribution >= 4 is 43.6 Å². The average Bonchev–Trinajstić information content (AvgIpc) is 3.42. The Bertz CT molecular complexity index is 2150. The van der Waals surface area contributed by atoms with Crippen molar-refractivity contribution < 1.29 is 4.42 Å². The van der Waals surface area contributed by atoms with E-state index in [9.17, 15) is 0 Å². The summed E-state index contributed by atoms with van der Waals surface area (Å²) in [5, 5.41) is 6.60. The highest BCUT2D eigenvalue weighted by Gasteiger charge is 2.22. The first-order valence-corrected chi connectivity index (χ1v) is 13.1. The Hall–Kier alpha value is -5.28. The number of hydrogen-bond donors (Lipinski definition) is 0. The van der Waals surface area contributed by atoms with Gasteiger partial charge in [-0.3, -0.25) is 0 Å². The lowest BCUT2D eigenvalue weighted by atomic mass is 9.96. The van der Waals surface area contributed by atoms with Crippen molar-refractivity contribution in [2.75, 3.05) is 0 Å². The van der Waals surface area contributed by atoms with Crippen molar-refractivity contribution in [1.82, 2.24) is 9.97 Å². The maximum Gasteiger partial charge on any atom is 0.231 e. The molecule has 0 amide bonds. The quantitative estimate of drug-likeness (QED) is 0.228. The van der Waals surface area contributed by atoms with Crippen molar-refractivity contribution in [1.29, 1.82) is 0 Å². The van der Waals surface area contributed by atoms with E-state index in [2.05, 4.69) is 109 Å². The third-order valence-corrected chi connectivity index (χ3v) is 7.51. The second-order valence-electron chi connectivity index (χ2n) is 9.78. The fraction of sp³-hybridized carbons (Fsp3) is 0. The molecule has 3 nitrogen and oxygen atoms in total. The molecule has 39 heavy (non-hydrogen) atoms. The molecule has 0 bridgehead atoms. The first-order valence-electron chi connectivity index (χ1n) is 13.1. The zero-order chi connectivity index (χ0) is 25.8. The number of fused-ring (bicyclic) bond motifs is 8. The normalized spacial score (nSPS) is 11.6. The van der Waals surface area contributed by atoms with Crippen LogP contribution < -0.4 is 0 Å². The van der Waals surface area contributed by atoms with Crippen molar-refractivity contribution in [3.05, 3.63) is 133 Å². The standard InChI is InChI=1S/C36H22N2O/c1-3-11-23(12-4-1)24-19-21-26(22-20-24)35-37-33(25-13-5-2-6-14-25)32-31-29-17-9-7-15-27(29)28-16-8-10-18-30(28)34(31)39-36(32)38-35/h1-22H. The molecular weight excluding hydrogens is 476 g/mol. The van der Waals surface area contributed by atoms with Crippen LogP contribution in [0.25, 0.3) is 77.4 Å². The van der Waals surface area contributed by atoms with Gasteiger partial charge in [0.2, 0.25) is 5.71 Å². The minimum Gasteiger partial charge on any atom is -0.437 e. The van der Waals surface area contributed by atoms with Crippen LogP contribution in [0.1, 0.15) is 0 Å². The molecule has 2 aromatic heterocycles. The Morgan fingerprint density at radius 2 is 0.897 bits per heavy atom. The van der Waals surface area contributed by atoms with Crippen LogP contribution in [0.3, 0.4) is 0 Å². The molecule has 0 atom stereocenters. The van der Waals surface area contributed by atoms with Gasteiger partial charge >= 0.3 is 0 Å². The van der Waals surface area contributed by atoms with Crippen LogP contribution in [-0.4, -0.2) is 9.97 Å². The summed E-state index contributed by atoms with van der Waals surface area (Å²) in [5.74, 6) is 0.647.